The predicted molar refractivity (Wildman–Crippen MR) is 84.8 cm³/mol. The molecule has 3 N–H and O–H groups in total. The molecule has 8 nitrogen and oxygen atoms in total. The fourth-order valence-electron chi connectivity index (χ4n) is 2.41. The average Bonchev–Trinajstić information content (AvgIpc) is 2.49. The zero-order valence-electron chi connectivity index (χ0n) is 12.9. The number of fused-ring (bicyclic) bond motifs is 1. The van der Waals surface area contributed by atoms with Gasteiger partial charge in [0, 0.05) is 19.5 Å². The molecule has 0 spiro atoms. The molecule has 2 rings (SSSR count). The van der Waals surface area contributed by atoms with Crippen LogP contribution in [0.4, 0.5) is 5.69 Å². The van der Waals surface area contributed by atoms with Gasteiger partial charge in [0.05, 0.1) is 25.0 Å². The average molecular weight is 341 g/mol. The minimum Gasteiger partial charge on any atom is -0.495 e. The third-order valence-corrected chi connectivity index (χ3v) is 4.14. The fraction of sp³-hybridized carbons (Fsp3) is 0.429. The van der Waals surface area contributed by atoms with Crippen LogP contribution in [0.15, 0.2) is 18.2 Å². The van der Waals surface area contributed by atoms with E-state index in [0.717, 1.165) is 6.26 Å². The van der Waals surface area contributed by atoms with E-state index in [2.05, 4.69) is 15.4 Å². The maximum Gasteiger partial charge on any atom is 0.228 e. The third kappa shape index (κ3) is 4.42. The standard InChI is InChI=1S/C14H19N3O5S/c1-22-11-5-3-4-9-10(8-12(18)17-13(9)11)14(19)15-6-7-16-23(2,20)21/h3-5,10,16H,6-8H2,1-2H3,(H,15,19)(H,17,18)/t10-/m1/s1. The fourth-order valence-corrected chi connectivity index (χ4v) is 2.88. The molecule has 0 aliphatic carbocycles. The molecular formula is C14H19N3O5S. The van der Waals surface area contributed by atoms with Gasteiger partial charge in [0.15, 0.2) is 0 Å². The van der Waals surface area contributed by atoms with E-state index in [0.29, 0.717) is 17.0 Å². The van der Waals surface area contributed by atoms with E-state index in [4.69, 9.17) is 4.74 Å². The van der Waals surface area contributed by atoms with Crippen LogP contribution in [0.25, 0.3) is 0 Å². The second kappa shape index (κ2) is 6.97. The van der Waals surface area contributed by atoms with Crippen LogP contribution in [0.3, 0.4) is 0 Å². The van der Waals surface area contributed by atoms with E-state index >= 15 is 0 Å². The Labute approximate surface area is 134 Å². The van der Waals surface area contributed by atoms with Gasteiger partial charge in [-0.15, -0.1) is 0 Å². The summed E-state index contributed by atoms with van der Waals surface area (Å²) < 4.78 is 29.4. The van der Waals surface area contributed by atoms with Crippen LogP contribution in [0.1, 0.15) is 17.9 Å². The summed E-state index contributed by atoms with van der Waals surface area (Å²) in [5.41, 5.74) is 1.18. The number of anilines is 1. The molecule has 0 unspecified atom stereocenters. The Morgan fingerprint density at radius 3 is 2.78 bits per heavy atom. The topological polar surface area (TPSA) is 114 Å². The van der Waals surface area contributed by atoms with Crippen LogP contribution >= 0.6 is 0 Å². The van der Waals surface area contributed by atoms with Gasteiger partial charge in [-0.25, -0.2) is 13.1 Å². The van der Waals surface area contributed by atoms with E-state index in [1.54, 1.807) is 18.2 Å². The van der Waals surface area contributed by atoms with Crippen LogP contribution in [0.2, 0.25) is 0 Å². The molecule has 126 valence electrons. The van der Waals surface area contributed by atoms with Gasteiger partial charge in [-0.3, -0.25) is 9.59 Å². The number of hydrogen-bond donors (Lipinski definition) is 3. The normalized spacial score (nSPS) is 17.1. The molecule has 23 heavy (non-hydrogen) atoms. The highest BCUT2D eigenvalue weighted by Gasteiger charge is 2.32. The van der Waals surface area contributed by atoms with Crippen molar-refractivity contribution in [1.82, 2.24) is 10.0 Å². The van der Waals surface area contributed by atoms with Crippen molar-refractivity contribution >= 4 is 27.5 Å². The number of nitrogens with one attached hydrogen (secondary N) is 3. The number of carbonyl (C=O) groups excluding carboxylic acids is 2. The maximum atomic E-state index is 12.3. The number of para-hydroxylation sites is 1. The van der Waals surface area contributed by atoms with Crippen molar-refractivity contribution in [1.29, 1.82) is 0 Å². The molecule has 1 aromatic carbocycles. The van der Waals surface area contributed by atoms with Crippen LogP contribution in [0.5, 0.6) is 5.75 Å². The zero-order valence-corrected chi connectivity index (χ0v) is 13.7. The lowest BCUT2D eigenvalue weighted by Gasteiger charge is -2.26. The van der Waals surface area contributed by atoms with Crippen molar-refractivity contribution in [2.45, 2.75) is 12.3 Å². The smallest absolute Gasteiger partial charge is 0.228 e. The summed E-state index contributed by atoms with van der Waals surface area (Å²) in [5, 5.41) is 5.35. The van der Waals surface area contributed by atoms with Crippen molar-refractivity contribution < 1.29 is 22.7 Å². The largest absolute Gasteiger partial charge is 0.495 e. The molecule has 1 heterocycles. The molecule has 1 atom stereocenters. The zero-order chi connectivity index (χ0) is 17.0. The molecule has 9 heteroatoms. The Bertz CT molecular complexity index is 717. The number of ether oxygens (including phenoxy) is 1. The van der Waals surface area contributed by atoms with E-state index in [1.165, 1.54) is 7.11 Å². The highest BCUT2D eigenvalue weighted by molar-refractivity contribution is 7.88. The van der Waals surface area contributed by atoms with Gasteiger partial charge in [-0.1, -0.05) is 12.1 Å². The summed E-state index contributed by atoms with van der Waals surface area (Å²) in [4.78, 5) is 24.2. The van der Waals surface area contributed by atoms with Gasteiger partial charge in [-0.2, -0.15) is 0 Å². The molecule has 0 radical (unpaired) electrons. The Hall–Kier alpha value is -2.13. The van der Waals surface area contributed by atoms with Crippen LogP contribution in [-0.2, 0) is 19.6 Å². The minimum atomic E-state index is -3.30. The van der Waals surface area contributed by atoms with Gasteiger partial charge < -0.3 is 15.4 Å². The summed E-state index contributed by atoms with van der Waals surface area (Å²) >= 11 is 0. The Morgan fingerprint density at radius 1 is 1.39 bits per heavy atom. The number of carbonyl (C=O) groups is 2. The van der Waals surface area contributed by atoms with Crippen molar-refractivity contribution in [3.63, 3.8) is 0 Å². The van der Waals surface area contributed by atoms with Gasteiger partial charge >= 0.3 is 0 Å². The highest BCUT2D eigenvalue weighted by Crippen LogP contribution is 2.38. The first-order chi connectivity index (χ1) is 10.8. The predicted octanol–water partition coefficient (Wildman–Crippen LogP) is -0.214. The quantitative estimate of drug-likeness (QED) is 0.620. The van der Waals surface area contributed by atoms with Crippen molar-refractivity contribution in [3.05, 3.63) is 23.8 Å². The van der Waals surface area contributed by atoms with Crippen LogP contribution in [-0.4, -0.2) is 46.7 Å². The van der Waals surface area contributed by atoms with Gasteiger partial charge in [-0.05, 0) is 11.6 Å². The summed E-state index contributed by atoms with van der Waals surface area (Å²) in [6.45, 7) is 0.234. The molecule has 1 aliphatic heterocycles. The molecular weight excluding hydrogens is 322 g/mol. The van der Waals surface area contributed by atoms with E-state index < -0.39 is 15.9 Å². The SMILES string of the molecule is COc1cccc2c1NC(=O)C[C@H]2C(=O)NCCNS(C)(=O)=O. The van der Waals surface area contributed by atoms with Crippen molar-refractivity contribution in [2.75, 3.05) is 31.8 Å². The Kier molecular flexibility index (Phi) is 5.22. The van der Waals surface area contributed by atoms with Gasteiger partial charge in [0.1, 0.15) is 5.75 Å². The summed E-state index contributed by atoms with van der Waals surface area (Å²) in [6, 6.07) is 5.21. The van der Waals surface area contributed by atoms with Crippen molar-refractivity contribution in [2.24, 2.45) is 0 Å². The van der Waals surface area contributed by atoms with E-state index in [1.807, 2.05) is 0 Å². The van der Waals surface area contributed by atoms with E-state index in [9.17, 15) is 18.0 Å². The molecule has 1 aliphatic rings. The second-order valence-corrected chi connectivity index (χ2v) is 7.02. The third-order valence-electron chi connectivity index (χ3n) is 3.41. The number of benzene rings is 1. The number of sulfonamides is 1. The first kappa shape index (κ1) is 17.2. The molecule has 0 bridgehead atoms. The maximum absolute atomic E-state index is 12.3. The summed E-state index contributed by atoms with van der Waals surface area (Å²) in [7, 11) is -1.81. The van der Waals surface area contributed by atoms with Crippen molar-refractivity contribution in [3.8, 4) is 5.75 Å². The number of amides is 2. The van der Waals surface area contributed by atoms with Crippen LogP contribution < -0.4 is 20.1 Å². The molecule has 1 aromatic rings. The van der Waals surface area contributed by atoms with E-state index in [-0.39, 0.29) is 31.3 Å². The lowest BCUT2D eigenvalue weighted by Crippen LogP contribution is -2.39. The van der Waals surface area contributed by atoms with Gasteiger partial charge in [0.25, 0.3) is 0 Å². The summed E-state index contributed by atoms with van der Waals surface area (Å²) in [5.74, 6) is -0.736. The first-order valence-electron chi connectivity index (χ1n) is 7.01. The molecule has 0 aromatic heterocycles. The molecule has 0 fully saturated rings. The lowest BCUT2D eigenvalue weighted by molar-refractivity contribution is -0.126. The molecule has 0 saturated carbocycles. The Balaban J connectivity index is 2.08. The summed E-state index contributed by atoms with van der Waals surface area (Å²) in [6.07, 6.45) is 1.08. The lowest BCUT2D eigenvalue weighted by atomic mass is 9.89. The number of methoxy groups -OCH3 is 1. The molecule has 2 amide bonds. The second-order valence-electron chi connectivity index (χ2n) is 5.19. The highest BCUT2D eigenvalue weighted by atomic mass is 32.2. The number of hydrogen-bond acceptors (Lipinski definition) is 5. The van der Waals surface area contributed by atoms with Gasteiger partial charge in [0.2, 0.25) is 21.8 Å². The van der Waals surface area contributed by atoms with Crippen LogP contribution in [0, 0.1) is 0 Å². The Morgan fingerprint density at radius 2 is 2.13 bits per heavy atom. The minimum absolute atomic E-state index is 0.0332. The monoisotopic (exact) mass is 341 g/mol. The first-order valence-corrected chi connectivity index (χ1v) is 8.90. The molecule has 0 saturated heterocycles. The number of rotatable bonds is 6.